The molecule has 0 unspecified atom stereocenters. The van der Waals surface area contributed by atoms with Crippen molar-refractivity contribution in [2.75, 3.05) is 5.32 Å². The van der Waals surface area contributed by atoms with Gasteiger partial charge in [0.2, 0.25) is 0 Å². The van der Waals surface area contributed by atoms with E-state index in [1.54, 1.807) is 0 Å². The Morgan fingerprint density at radius 3 is 2.33 bits per heavy atom. The van der Waals surface area contributed by atoms with E-state index in [4.69, 9.17) is 4.98 Å². The molecule has 27 heavy (non-hydrogen) atoms. The van der Waals surface area contributed by atoms with Crippen LogP contribution in [0.15, 0.2) is 66.9 Å². The van der Waals surface area contributed by atoms with Crippen molar-refractivity contribution in [3.8, 4) is 0 Å². The number of para-hydroxylation sites is 1. The lowest BCUT2D eigenvalue weighted by Crippen LogP contribution is -2.03. The van der Waals surface area contributed by atoms with Crippen LogP contribution in [0.4, 0.5) is 11.5 Å². The summed E-state index contributed by atoms with van der Waals surface area (Å²) in [4.78, 5) is 4.94. The Labute approximate surface area is 160 Å². The minimum atomic E-state index is 0.901. The molecule has 0 radical (unpaired) electrons. The molecule has 0 amide bonds. The van der Waals surface area contributed by atoms with E-state index in [9.17, 15) is 0 Å². The van der Waals surface area contributed by atoms with E-state index in [1.807, 2.05) is 0 Å². The topological polar surface area (TPSA) is 29.3 Å². The number of pyridine rings is 1. The Morgan fingerprint density at radius 2 is 1.59 bits per heavy atom. The normalized spacial score (nSPS) is 11.1. The monoisotopic (exact) mass is 355 g/mol. The number of anilines is 2. The number of hydrogen-bond donors (Lipinski definition) is 1. The van der Waals surface area contributed by atoms with Crippen LogP contribution in [0.25, 0.3) is 5.65 Å². The summed E-state index contributed by atoms with van der Waals surface area (Å²) in [5.74, 6) is 1.07. The first-order valence-electron chi connectivity index (χ1n) is 9.46. The number of nitrogens with zero attached hydrogens (tertiary/aromatic N) is 2. The fraction of sp³-hybridized carbons (Fsp3) is 0.208. The van der Waals surface area contributed by atoms with E-state index in [-0.39, 0.29) is 0 Å². The van der Waals surface area contributed by atoms with E-state index in [0.29, 0.717) is 0 Å². The fourth-order valence-corrected chi connectivity index (χ4v) is 3.54. The van der Waals surface area contributed by atoms with E-state index >= 15 is 0 Å². The van der Waals surface area contributed by atoms with Gasteiger partial charge in [-0.15, -0.1) is 0 Å². The second kappa shape index (κ2) is 7.28. The molecule has 2 aromatic heterocycles. The Morgan fingerprint density at radius 1 is 0.852 bits per heavy atom. The van der Waals surface area contributed by atoms with Crippen LogP contribution in [0.1, 0.15) is 27.9 Å². The number of nitrogens with one attached hydrogen (secondary N) is 1. The molecule has 3 nitrogen and oxygen atoms in total. The summed E-state index contributed by atoms with van der Waals surface area (Å²) in [6, 6.07) is 21.3. The van der Waals surface area contributed by atoms with E-state index in [2.05, 4.69) is 97.3 Å². The highest BCUT2D eigenvalue weighted by Crippen LogP contribution is 2.28. The van der Waals surface area contributed by atoms with Crippen LogP contribution in [-0.2, 0) is 12.8 Å². The summed E-state index contributed by atoms with van der Waals surface area (Å²) in [7, 11) is 0. The Hall–Kier alpha value is -3.07. The average Bonchev–Trinajstić information content (AvgIpc) is 3.00. The van der Waals surface area contributed by atoms with Gasteiger partial charge in [0, 0.05) is 11.9 Å². The average molecular weight is 355 g/mol. The molecule has 0 saturated heterocycles. The third kappa shape index (κ3) is 3.59. The van der Waals surface area contributed by atoms with Gasteiger partial charge in [0.25, 0.3) is 0 Å². The molecule has 0 fully saturated rings. The van der Waals surface area contributed by atoms with Crippen molar-refractivity contribution >= 4 is 17.2 Å². The van der Waals surface area contributed by atoms with Gasteiger partial charge in [-0.2, -0.15) is 0 Å². The van der Waals surface area contributed by atoms with Crippen molar-refractivity contribution in [3.05, 3.63) is 94.8 Å². The van der Waals surface area contributed by atoms with Crippen molar-refractivity contribution in [3.63, 3.8) is 0 Å². The predicted molar refractivity (Wildman–Crippen MR) is 113 cm³/mol. The van der Waals surface area contributed by atoms with Crippen LogP contribution in [-0.4, -0.2) is 9.38 Å². The van der Waals surface area contributed by atoms with Gasteiger partial charge in [0.1, 0.15) is 11.5 Å². The Kier molecular flexibility index (Phi) is 4.68. The first-order chi connectivity index (χ1) is 13.1. The second-order valence-corrected chi connectivity index (χ2v) is 7.22. The molecule has 2 aromatic carbocycles. The molecular formula is C24H25N3. The number of fused-ring (bicyclic) bond motifs is 1. The summed E-state index contributed by atoms with van der Waals surface area (Å²) in [5.41, 5.74) is 8.31. The zero-order valence-corrected chi connectivity index (χ0v) is 16.2. The summed E-state index contributed by atoms with van der Waals surface area (Å²) < 4.78 is 2.17. The smallest absolute Gasteiger partial charge is 0.138 e. The predicted octanol–water partition coefficient (Wildman–Crippen LogP) is 5.79. The van der Waals surface area contributed by atoms with Gasteiger partial charge in [-0.05, 0) is 68.0 Å². The highest BCUT2D eigenvalue weighted by atomic mass is 15.1. The third-order valence-electron chi connectivity index (χ3n) is 5.07. The lowest BCUT2D eigenvalue weighted by Gasteiger charge is -2.14. The number of rotatable bonds is 5. The van der Waals surface area contributed by atoms with Gasteiger partial charge in [0.05, 0.1) is 5.69 Å². The molecule has 136 valence electrons. The Balaban J connectivity index is 1.74. The Bertz CT molecular complexity index is 1060. The van der Waals surface area contributed by atoms with E-state index in [0.717, 1.165) is 30.0 Å². The second-order valence-electron chi connectivity index (χ2n) is 7.22. The molecule has 0 aliphatic rings. The van der Waals surface area contributed by atoms with E-state index < -0.39 is 0 Å². The van der Waals surface area contributed by atoms with Crippen LogP contribution in [0.3, 0.4) is 0 Å². The lowest BCUT2D eigenvalue weighted by atomic mass is 10.1. The molecule has 4 rings (SSSR count). The minimum Gasteiger partial charge on any atom is -0.339 e. The lowest BCUT2D eigenvalue weighted by molar-refractivity contribution is 0.929. The minimum absolute atomic E-state index is 0.901. The maximum atomic E-state index is 4.94. The summed E-state index contributed by atoms with van der Waals surface area (Å²) in [6.45, 7) is 6.40. The SMILES string of the molecule is Cc1ccn2c(Nc3c(C)cccc3C)c(CCc3ccccc3)nc2c1. The molecule has 0 atom stereocenters. The molecule has 1 N–H and O–H groups in total. The molecule has 4 aromatic rings. The zero-order chi connectivity index (χ0) is 18.8. The standard InChI is InChI=1S/C24H25N3/c1-17-14-15-27-22(16-17)25-21(13-12-20-10-5-4-6-11-20)24(27)26-23-18(2)8-7-9-19(23)3/h4-11,14-16,26H,12-13H2,1-3H3. The van der Waals surface area contributed by atoms with E-state index in [1.165, 1.54) is 27.9 Å². The van der Waals surface area contributed by atoms with Gasteiger partial charge < -0.3 is 5.32 Å². The molecular weight excluding hydrogens is 330 g/mol. The fourth-order valence-electron chi connectivity index (χ4n) is 3.54. The molecule has 0 bridgehead atoms. The molecule has 0 aliphatic heterocycles. The van der Waals surface area contributed by atoms with Crippen LogP contribution >= 0.6 is 0 Å². The van der Waals surface area contributed by atoms with Gasteiger partial charge in [-0.1, -0.05) is 48.5 Å². The zero-order valence-electron chi connectivity index (χ0n) is 16.2. The highest BCUT2D eigenvalue weighted by molar-refractivity contribution is 5.69. The molecule has 0 aliphatic carbocycles. The van der Waals surface area contributed by atoms with Crippen molar-refractivity contribution in [1.29, 1.82) is 0 Å². The largest absolute Gasteiger partial charge is 0.339 e. The number of aromatic nitrogens is 2. The van der Waals surface area contributed by atoms with Crippen LogP contribution in [0.2, 0.25) is 0 Å². The van der Waals surface area contributed by atoms with Crippen molar-refractivity contribution in [1.82, 2.24) is 9.38 Å². The number of hydrogen-bond acceptors (Lipinski definition) is 2. The van der Waals surface area contributed by atoms with Gasteiger partial charge in [-0.3, -0.25) is 4.40 Å². The van der Waals surface area contributed by atoms with Gasteiger partial charge in [-0.25, -0.2) is 4.98 Å². The maximum absolute atomic E-state index is 4.94. The van der Waals surface area contributed by atoms with Crippen molar-refractivity contribution in [2.24, 2.45) is 0 Å². The number of benzene rings is 2. The summed E-state index contributed by atoms with van der Waals surface area (Å²) >= 11 is 0. The van der Waals surface area contributed by atoms with Crippen LogP contribution in [0.5, 0.6) is 0 Å². The van der Waals surface area contributed by atoms with Crippen molar-refractivity contribution < 1.29 is 0 Å². The third-order valence-corrected chi connectivity index (χ3v) is 5.07. The summed E-state index contributed by atoms with van der Waals surface area (Å²) in [6.07, 6.45) is 3.99. The number of imidazole rings is 1. The summed E-state index contributed by atoms with van der Waals surface area (Å²) in [5, 5.41) is 3.69. The first kappa shape index (κ1) is 17.3. The molecule has 0 spiro atoms. The van der Waals surface area contributed by atoms with Crippen LogP contribution < -0.4 is 5.32 Å². The van der Waals surface area contributed by atoms with Crippen LogP contribution in [0, 0.1) is 20.8 Å². The molecule has 2 heterocycles. The highest BCUT2D eigenvalue weighted by Gasteiger charge is 2.14. The number of aryl methyl sites for hydroxylation is 5. The quantitative estimate of drug-likeness (QED) is 0.491. The van der Waals surface area contributed by atoms with Gasteiger partial charge >= 0.3 is 0 Å². The van der Waals surface area contributed by atoms with Crippen molar-refractivity contribution in [2.45, 2.75) is 33.6 Å². The molecule has 3 heteroatoms. The maximum Gasteiger partial charge on any atom is 0.138 e. The first-order valence-corrected chi connectivity index (χ1v) is 9.46. The van der Waals surface area contributed by atoms with Gasteiger partial charge in [0.15, 0.2) is 0 Å². The molecule has 0 saturated carbocycles.